The molecule has 0 saturated carbocycles. The van der Waals surface area contributed by atoms with Crippen molar-refractivity contribution in [2.24, 2.45) is 0 Å². The van der Waals surface area contributed by atoms with Crippen LogP contribution in [0.15, 0.2) is 79.5 Å². The van der Waals surface area contributed by atoms with Crippen molar-refractivity contribution >= 4 is 29.5 Å². The molecule has 1 aromatic heterocycles. The number of aliphatic hydroxyl groups is 1. The van der Waals surface area contributed by atoms with Gasteiger partial charge >= 0.3 is 0 Å². The minimum Gasteiger partial charge on any atom is -0.390 e. The first-order valence-corrected chi connectivity index (χ1v) is 18.3. The molecule has 6 nitrogen and oxygen atoms in total. The van der Waals surface area contributed by atoms with Crippen LogP contribution in [0, 0.1) is 0 Å². The fourth-order valence-corrected chi connectivity index (χ4v) is 5.63. The molecule has 0 spiro atoms. The minimum atomic E-state index is -0.422. The van der Waals surface area contributed by atoms with Gasteiger partial charge in [0.15, 0.2) is 0 Å². The fourth-order valence-electron chi connectivity index (χ4n) is 5.63. The van der Waals surface area contributed by atoms with Crippen LogP contribution < -0.4 is 15.5 Å². The molecule has 49 heavy (non-hydrogen) atoms. The van der Waals surface area contributed by atoms with Crippen LogP contribution in [0.5, 0.6) is 0 Å². The molecule has 272 valence electrons. The van der Waals surface area contributed by atoms with Crippen LogP contribution in [-0.2, 0) is 37.1 Å². The lowest BCUT2D eigenvalue weighted by molar-refractivity contribution is -0.0980. The number of anilines is 1. The van der Waals surface area contributed by atoms with Gasteiger partial charge in [-0.2, -0.15) is 0 Å². The highest BCUT2D eigenvalue weighted by molar-refractivity contribution is 5.97. The number of carbonyl (C=O) groups excluding carboxylic acids is 1. The molecule has 0 saturated heterocycles. The molecule has 4 rings (SSSR count). The smallest absolute Gasteiger partial charge is 0.106 e. The topological polar surface area (TPSA) is 69.5 Å². The van der Waals surface area contributed by atoms with Gasteiger partial charge in [-0.3, -0.25) is 0 Å². The second-order valence-electron chi connectivity index (χ2n) is 11.6. The third-order valence-electron chi connectivity index (χ3n) is 7.98. The van der Waals surface area contributed by atoms with Gasteiger partial charge in [0.2, 0.25) is 0 Å². The van der Waals surface area contributed by atoms with Crippen molar-refractivity contribution in [3.8, 4) is 0 Å². The Kier molecular flexibility index (Phi) is 25.1. The average molecular weight is 673 g/mol. The Morgan fingerprint density at radius 1 is 0.878 bits per heavy atom. The van der Waals surface area contributed by atoms with Crippen LogP contribution in [0.4, 0.5) is 5.69 Å². The zero-order chi connectivity index (χ0) is 37.2. The van der Waals surface area contributed by atoms with E-state index in [1.165, 1.54) is 50.8 Å². The Bertz CT molecular complexity index is 1410. The molecule has 0 aliphatic rings. The third kappa shape index (κ3) is 15.2. The van der Waals surface area contributed by atoms with Gasteiger partial charge in [-0.25, -0.2) is 0 Å². The maximum Gasteiger partial charge on any atom is 0.106 e. The number of hydrogen-bond acceptors (Lipinski definition) is 5. The van der Waals surface area contributed by atoms with Crippen molar-refractivity contribution in [1.82, 2.24) is 15.2 Å². The molecule has 3 aromatic carbocycles. The van der Waals surface area contributed by atoms with Crippen LogP contribution in [0.25, 0.3) is 17.0 Å². The zero-order valence-electron chi connectivity index (χ0n) is 32.5. The number of nitrogens with zero attached hydrogens (tertiary/aromatic N) is 2. The molecular formula is C43H68N4O2. The molecule has 3 N–H and O–H groups in total. The number of carbonyl (C=O) groups is 1. The molecule has 6 heteroatoms. The molecule has 4 aromatic rings. The van der Waals surface area contributed by atoms with Gasteiger partial charge in [-0.05, 0) is 72.7 Å². The lowest BCUT2D eigenvalue weighted by atomic mass is 10.0. The summed E-state index contributed by atoms with van der Waals surface area (Å²) in [6, 6.07) is 23.4. The molecule has 0 amide bonds. The number of aromatic nitrogens is 1. The number of likely N-dealkylation sites (N-methyl/N-ethyl adjacent to an activating group) is 1. The first-order chi connectivity index (χ1) is 23.8. The molecule has 0 bridgehead atoms. The average Bonchev–Trinajstić information content (AvgIpc) is 3.50. The summed E-state index contributed by atoms with van der Waals surface area (Å²) in [6.07, 6.45) is 9.22. The van der Waals surface area contributed by atoms with E-state index in [0.717, 1.165) is 38.8 Å². The summed E-state index contributed by atoms with van der Waals surface area (Å²) in [5.41, 5.74) is 9.16. The lowest BCUT2D eigenvalue weighted by Gasteiger charge is -2.23. The van der Waals surface area contributed by atoms with Crippen molar-refractivity contribution in [3.63, 3.8) is 0 Å². The van der Waals surface area contributed by atoms with Crippen molar-refractivity contribution in [1.29, 1.82) is 0 Å². The van der Waals surface area contributed by atoms with E-state index in [1.54, 1.807) is 0 Å². The number of fused-ring (bicyclic) bond motifs is 1. The minimum absolute atomic E-state index is 0.0480. The Hall–Kier alpha value is -3.71. The van der Waals surface area contributed by atoms with E-state index < -0.39 is 6.10 Å². The predicted molar refractivity (Wildman–Crippen MR) is 217 cm³/mol. The maximum absolute atomic E-state index is 10.4. The molecule has 0 aliphatic heterocycles. The first-order valence-electron chi connectivity index (χ1n) is 18.3. The third-order valence-corrected chi connectivity index (χ3v) is 7.98. The summed E-state index contributed by atoms with van der Waals surface area (Å²) >= 11 is 0. The lowest BCUT2D eigenvalue weighted by Crippen LogP contribution is -2.44. The highest BCUT2D eigenvalue weighted by Gasteiger charge is 2.17. The molecule has 1 heterocycles. The van der Waals surface area contributed by atoms with E-state index in [0.29, 0.717) is 6.54 Å². The summed E-state index contributed by atoms with van der Waals surface area (Å²) < 4.78 is 2.40. The zero-order valence-corrected chi connectivity index (χ0v) is 32.5. The molecular weight excluding hydrogens is 604 g/mol. The number of nitrogens with one attached hydrogen (secondary N) is 2. The van der Waals surface area contributed by atoms with E-state index in [-0.39, 0.29) is 6.04 Å². The SMILES string of the molecule is C=Cc1cc(N(C)C)c2c(CCC)cn(CCC)c2c1.C=O.CC.CC.CCc1cccc(CNCC(O)C(Cc2ccccc2)NC)c1. The van der Waals surface area contributed by atoms with Gasteiger partial charge in [0, 0.05) is 57.0 Å². The number of aliphatic hydroxyl groups excluding tert-OH is 1. The van der Waals surface area contributed by atoms with Gasteiger partial charge in [0.1, 0.15) is 6.79 Å². The Morgan fingerprint density at radius 2 is 1.51 bits per heavy atom. The Balaban J connectivity index is 0.000000821. The number of rotatable bonds is 15. The number of benzene rings is 3. The van der Waals surface area contributed by atoms with Gasteiger partial charge in [0.05, 0.1) is 11.6 Å². The molecule has 0 fully saturated rings. The largest absolute Gasteiger partial charge is 0.390 e. The van der Waals surface area contributed by atoms with Gasteiger partial charge in [0.25, 0.3) is 0 Å². The first kappa shape index (κ1) is 45.3. The van der Waals surface area contributed by atoms with Gasteiger partial charge in [-0.1, -0.05) is 122 Å². The summed E-state index contributed by atoms with van der Waals surface area (Å²) in [5, 5.41) is 18.4. The maximum atomic E-state index is 10.4. The van der Waals surface area contributed by atoms with E-state index >= 15 is 0 Å². The molecule has 2 unspecified atom stereocenters. The number of hydrogen-bond donors (Lipinski definition) is 3. The van der Waals surface area contributed by atoms with E-state index in [1.807, 2.05) is 65.8 Å². The standard InChI is InChI=1S/C20H28N2O.C18H26N2.2C2H6.CH2O/c1-3-16-10-7-11-18(12-16)14-22-15-20(23)19(21-2)13-17-8-5-4-6-9-17;1-6-9-15-13-20(10-7-2)17-12-14(8-3)11-16(18(15)17)19(4)5;3*1-2/h4-12,19-23H,3,13-15H2,1-2H3;8,11-13H,3,6-7,9-10H2,1-2,4-5H3;2*1-2H3;1H2. The van der Waals surface area contributed by atoms with E-state index in [9.17, 15) is 5.11 Å². The summed E-state index contributed by atoms with van der Waals surface area (Å²) in [5.74, 6) is 0. The van der Waals surface area contributed by atoms with Gasteiger partial charge < -0.3 is 30.0 Å². The fraction of sp³-hybridized carbons (Fsp3) is 0.465. The highest BCUT2D eigenvalue weighted by Crippen LogP contribution is 2.33. The van der Waals surface area contributed by atoms with Crippen LogP contribution in [0.1, 0.15) is 89.1 Å². The molecule has 0 aliphatic carbocycles. The van der Waals surface area contributed by atoms with Crippen LogP contribution in [0.3, 0.4) is 0 Å². The summed E-state index contributed by atoms with van der Waals surface area (Å²) in [7, 11) is 6.14. The monoisotopic (exact) mass is 673 g/mol. The van der Waals surface area contributed by atoms with Crippen molar-refractivity contribution in [2.45, 2.75) is 106 Å². The Labute approximate surface area is 299 Å². The van der Waals surface area contributed by atoms with Crippen LogP contribution in [-0.4, -0.2) is 56.3 Å². The Morgan fingerprint density at radius 3 is 2.06 bits per heavy atom. The van der Waals surface area contributed by atoms with Crippen LogP contribution in [0.2, 0.25) is 0 Å². The van der Waals surface area contributed by atoms with Crippen molar-refractivity contribution in [3.05, 3.63) is 107 Å². The second-order valence-corrected chi connectivity index (χ2v) is 11.6. The highest BCUT2D eigenvalue weighted by atomic mass is 16.3. The van der Waals surface area contributed by atoms with E-state index in [2.05, 4.69) is 116 Å². The van der Waals surface area contributed by atoms with Crippen LogP contribution >= 0.6 is 0 Å². The van der Waals surface area contributed by atoms with Crippen molar-refractivity contribution in [2.75, 3.05) is 32.6 Å². The second kappa shape index (κ2) is 27.2. The quantitative estimate of drug-likeness (QED) is 0.118. The molecule has 0 radical (unpaired) electrons. The number of aryl methyl sites for hydroxylation is 3. The molecule has 2 atom stereocenters. The van der Waals surface area contributed by atoms with Crippen molar-refractivity contribution < 1.29 is 9.90 Å². The van der Waals surface area contributed by atoms with E-state index in [4.69, 9.17) is 4.79 Å². The summed E-state index contributed by atoms with van der Waals surface area (Å²) in [4.78, 5) is 10.2. The summed E-state index contributed by atoms with van der Waals surface area (Å²) in [6.45, 7) is 23.0. The van der Waals surface area contributed by atoms with Gasteiger partial charge in [-0.15, -0.1) is 0 Å². The predicted octanol–water partition coefficient (Wildman–Crippen LogP) is 9.11. The normalized spacial score (nSPS) is 11.2.